The van der Waals surface area contributed by atoms with Crippen LogP contribution in [0.15, 0.2) is 12.3 Å². The highest BCUT2D eigenvalue weighted by Gasteiger charge is 2.07. The van der Waals surface area contributed by atoms with E-state index in [0.717, 1.165) is 17.9 Å². The largest absolute Gasteiger partial charge is 0.360 e. The summed E-state index contributed by atoms with van der Waals surface area (Å²) in [6, 6.07) is 2.00. The summed E-state index contributed by atoms with van der Waals surface area (Å²) in [4.78, 5) is 6.43. The van der Waals surface area contributed by atoms with Gasteiger partial charge in [-0.25, -0.2) is 4.98 Å². The third-order valence-electron chi connectivity index (χ3n) is 2.31. The Balaban J connectivity index is 3.12. The van der Waals surface area contributed by atoms with E-state index < -0.39 is 0 Å². The van der Waals surface area contributed by atoms with E-state index in [1.165, 1.54) is 5.56 Å². The van der Waals surface area contributed by atoms with Gasteiger partial charge in [-0.1, -0.05) is 0 Å². The summed E-state index contributed by atoms with van der Waals surface area (Å²) >= 11 is 0. The Labute approximate surface area is 79.6 Å². The van der Waals surface area contributed by atoms with E-state index in [1.54, 1.807) is 0 Å². The van der Waals surface area contributed by atoms with Crippen molar-refractivity contribution < 1.29 is 0 Å². The van der Waals surface area contributed by atoms with Gasteiger partial charge in [0.25, 0.3) is 0 Å². The van der Waals surface area contributed by atoms with E-state index in [-0.39, 0.29) is 0 Å². The second-order valence-corrected chi connectivity index (χ2v) is 3.15. The van der Waals surface area contributed by atoms with Crippen molar-refractivity contribution in [1.82, 2.24) is 4.98 Å². The van der Waals surface area contributed by atoms with Gasteiger partial charge in [0.05, 0.1) is 0 Å². The van der Waals surface area contributed by atoms with Crippen LogP contribution in [-0.4, -0.2) is 18.6 Å². The third kappa shape index (κ3) is 1.98. The van der Waals surface area contributed by atoms with Gasteiger partial charge in [0.2, 0.25) is 0 Å². The first-order valence-electron chi connectivity index (χ1n) is 4.56. The smallest absolute Gasteiger partial charge is 0.132 e. The molecule has 0 bridgehead atoms. The summed E-state index contributed by atoms with van der Waals surface area (Å²) in [5, 5.41) is 0. The minimum atomic E-state index is 0.555. The lowest BCUT2D eigenvalue weighted by Crippen LogP contribution is -2.20. The number of hydrogen-bond donors (Lipinski definition) is 1. The summed E-state index contributed by atoms with van der Waals surface area (Å²) in [6.45, 7) is 5.67. The lowest BCUT2D eigenvalue weighted by Gasteiger charge is -2.19. The summed E-state index contributed by atoms with van der Waals surface area (Å²) < 4.78 is 0. The normalized spacial score (nSPS) is 10.2. The van der Waals surface area contributed by atoms with Gasteiger partial charge in [-0.2, -0.15) is 0 Å². The predicted molar refractivity (Wildman–Crippen MR) is 55.8 cm³/mol. The summed E-state index contributed by atoms with van der Waals surface area (Å²) in [5.74, 6) is 1.00. The molecule has 3 nitrogen and oxygen atoms in total. The third-order valence-corrected chi connectivity index (χ3v) is 2.31. The Morgan fingerprint density at radius 1 is 1.54 bits per heavy atom. The van der Waals surface area contributed by atoms with Crippen molar-refractivity contribution in [2.75, 3.05) is 18.5 Å². The van der Waals surface area contributed by atoms with Crippen LogP contribution in [0.2, 0.25) is 0 Å². The lowest BCUT2D eigenvalue weighted by atomic mass is 10.1. The van der Waals surface area contributed by atoms with Crippen LogP contribution in [0.25, 0.3) is 0 Å². The Morgan fingerprint density at radius 3 is 2.77 bits per heavy atom. The summed E-state index contributed by atoms with van der Waals surface area (Å²) in [5.41, 5.74) is 8.04. The van der Waals surface area contributed by atoms with E-state index in [9.17, 15) is 0 Å². The first-order valence-corrected chi connectivity index (χ1v) is 4.56. The molecule has 0 unspecified atom stereocenters. The Morgan fingerprint density at radius 2 is 2.23 bits per heavy atom. The van der Waals surface area contributed by atoms with Crippen molar-refractivity contribution in [3.63, 3.8) is 0 Å². The number of hydrogen-bond acceptors (Lipinski definition) is 3. The monoisotopic (exact) mass is 179 g/mol. The molecule has 3 heteroatoms. The fourth-order valence-corrected chi connectivity index (χ4v) is 1.31. The number of nitrogens with zero attached hydrogens (tertiary/aromatic N) is 2. The van der Waals surface area contributed by atoms with Crippen LogP contribution in [0, 0.1) is 6.92 Å². The van der Waals surface area contributed by atoms with Gasteiger partial charge in [0.1, 0.15) is 5.82 Å². The number of rotatable bonds is 3. The zero-order valence-corrected chi connectivity index (χ0v) is 8.54. The number of anilines is 1. The highest BCUT2D eigenvalue weighted by Crippen LogP contribution is 2.18. The first-order chi connectivity index (χ1) is 6.20. The molecule has 0 saturated heterocycles. The fourth-order valence-electron chi connectivity index (χ4n) is 1.31. The summed E-state index contributed by atoms with van der Waals surface area (Å²) in [7, 11) is 2.03. The van der Waals surface area contributed by atoms with Crippen molar-refractivity contribution in [1.29, 1.82) is 0 Å². The highest BCUT2D eigenvalue weighted by atomic mass is 15.2. The minimum Gasteiger partial charge on any atom is -0.360 e. The van der Waals surface area contributed by atoms with Crippen molar-refractivity contribution in [3.05, 3.63) is 23.4 Å². The number of nitrogens with two attached hydrogens (primary N) is 1. The van der Waals surface area contributed by atoms with Gasteiger partial charge in [-0.3, -0.25) is 0 Å². The molecule has 0 saturated carbocycles. The second-order valence-electron chi connectivity index (χ2n) is 3.15. The summed E-state index contributed by atoms with van der Waals surface area (Å²) in [6.07, 6.45) is 1.83. The van der Waals surface area contributed by atoms with E-state index in [4.69, 9.17) is 5.73 Å². The van der Waals surface area contributed by atoms with E-state index >= 15 is 0 Å². The topological polar surface area (TPSA) is 42.2 Å². The Bertz CT molecular complexity index is 283. The van der Waals surface area contributed by atoms with Crippen molar-refractivity contribution in [2.45, 2.75) is 20.4 Å². The van der Waals surface area contributed by atoms with Crippen LogP contribution >= 0.6 is 0 Å². The van der Waals surface area contributed by atoms with E-state index in [0.29, 0.717) is 6.54 Å². The van der Waals surface area contributed by atoms with E-state index in [1.807, 2.05) is 19.3 Å². The molecule has 0 spiro atoms. The molecule has 0 atom stereocenters. The molecule has 1 heterocycles. The van der Waals surface area contributed by atoms with Crippen LogP contribution in [0.1, 0.15) is 18.1 Å². The SMILES string of the molecule is CCN(C)c1nccc(C)c1CN. The molecule has 0 aliphatic rings. The molecule has 13 heavy (non-hydrogen) atoms. The molecule has 1 rings (SSSR count). The first kappa shape index (κ1) is 9.99. The predicted octanol–water partition coefficient (Wildman–Crippen LogP) is 1.30. The number of aryl methyl sites for hydroxylation is 1. The molecule has 0 amide bonds. The Kier molecular flexibility index (Phi) is 3.25. The molecule has 2 N–H and O–H groups in total. The standard InChI is InChI=1S/C10H17N3/c1-4-13(3)10-9(7-11)8(2)5-6-12-10/h5-6H,4,7,11H2,1-3H3. The minimum absolute atomic E-state index is 0.555. The highest BCUT2D eigenvalue weighted by molar-refractivity contribution is 5.49. The van der Waals surface area contributed by atoms with Crippen molar-refractivity contribution >= 4 is 5.82 Å². The molecule has 0 radical (unpaired) electrons. The number of pyridine rings is 1. The quantitative estimate of drug-likeness (QED) is 0.760. The average Bonchev–Trinajstić information content (AvgIpc) is 2.16. The zero-order valence-electron chi connectivity index (χ0n) is 8.54. The van der Waals surface area contributed by atoms with Gasteiger partial charge >= 0.3 is 0 Å². The Hall–Kier alpha value is -1.09. The molecule has 0 aliphatic heterocycles. The van der Waals surface area contributed by atoms with Crippen molar-refractivity contribution in [3.8, 4) is 0 Å². The molecular weight excluding hydrogens is 162 g/mol. The fraction of sp³-hybridized carbons (Fsp3) is 0.500. The molecule has 72 valence electrons. The van der Waals surface area contributed by atoms with Gasteiger partial charge in [-0.05, 0) is 25.5 Å². The maximum absolute atomic E-state index is 5.68. The maximum atomic E-state index is 5.68. The zero-order chi connectivity index (χ0) is 9.84. The van der Waals surface area contributed by atoms with Gasteiger partial charge in [0.15, 0.2) is 0 Å². The second kappa shape index (κ2) is 4.23. The molecule has 1 aromatic heterocycles. The van der Waals surface area contributed by atoms with Crippen LogP contribution in [0.5, 0.6) is 0 Å². The maximum Gasteiger partial charge on any atom is 0.132 e. The van der Waals surface area contributed by atoms with Crippen molar-refractivity contribution in [2.24, 2.45) is 5.73 Å². The van der Waals surface area contributed by atoms with Gasteiger partial charge in [-0.15, -0.1) is 0 Å². The van der Waals surface area contributed by atoms with E-state index in [2.05, 4.69) is 23.7 Å². The van der Waals surface area contributed by atoms with Gasteiger partial charge < -0.3 is 10.6 Å². The van der Waals surface area contributed by atoms with Crippen LogP contribution in [-0.2, 0) is 6.54 Å². The molecule has 0 fully saturated rings. The van der Waals surface area contributed by atoms with Crippen LogP contribution in [0.3, 0.4) is 0 Å². The molecule has 0 aliphatic carbocycles. The number of aromatic nitrogens is 1. The molecule has 1 aromatic rings. The average molecular weight is 179 g/mol. The molecule has 0 aromatic carbocycles. The van der Waals surface area contributed by atoms with Crippen LogP contribution < -0.4 is 10.6 Å². The molecular formula is C10H17N3. The lowest BCUT2D eigenvalue weighted by molar-refractivity contribution is 0.902. The van der Waals surface area contributed by atoms with Crippen LogP contribution in [0.4, 0.5) is 5.82 Å². The van der Waals surface area contributed by atoms with Gasteiger partial charge in [0, 0.05) is 31.9 Å².